The van der Waals surface area contributed by atoms with E-state index in [1.54, 1.807) is 0 Å². The average molecular weight is 122 g/mol. The average Bonchev–Trinajstić information content (AvgIpc) is 1.41. The molecule has 0 aliphatic carbocycles. The molecule has 0 amide bonds. The molecule has 0 nitrogen and oxygen atoms in total. The minimum absolute atomic E-state index is 0. The summed E-state index contributed by atoms with van der Waals surface area (Å²) in [5.74, 6) is 1.04. The molecule has 0 spiro atoms. The van der Waals surface area contributed by atoms with Gasteiger partial charge in [0, 0.05) is 0 Å². The fourth-order valence-electron chi connectivity index (χ4n) is 0.158. The third-order valence-electron chi connectivity index (χ3n) is 0.512. The van der Waals surface area contributed by atoms with Crippen molar-refractivity contribution in [1.29, 1.82) is 0 Å². The molecule has 0 aromatic rings. The summed E-state index contributed by atoms with van der Waals surface area (Å²) in [5, 5.41) is 0. The Labute approximate surface area is 49.8 Å². The predicted molar refractivity (Wildman–Crippen MR) is 40.1 cm³/mol. The Balaban J connectivity index is 0. The maximum atomic E-state index is 4.00. The molecule has 0 rings (SSSR count). The summed E-state index contributed by atoms with van der Waals surface area (Å²) in [6, 6.07) is 0. The van der Waals surface area contributed by atoms with Crippen LogP contribution in [-0.4, -0.2) is 16.7 Å². The molecule has 0 saturated heterocycles. The summed E-state index contributed by atoms with van der Waals surface area (Å²) in [6.45, 7) is 2.16. The van der Waals surface area contributed by atoms with E-state index in [4.69, 9.17) is 0 Å². The van der Waals surface area contributed by atoms with Crippen molar-refractivity contribution >= 4 is 23.6 Å². The predicted octanol–water partition coefficient (Wildman–Crippen LogP) is 0.265. The zero-order chi connectivity index (χ0) is 4.12. The van der Waals surface area contributed by atoms with Gasteiger partial charge >= 0.3 is 0 Å². The highest BCUT2D eigenvalue weighted by Crippen LogP contribution is 1.85. The second kappa shape index (κ2) is 9.13. The molecule has 6 heavy (non-hydrogen) atoms. The molecule has 0 unspecified atom stereocenters. The Kier molecular flexibility index (Phi) is 14.8. The number of rotatable bonds is 2. The monoisotopic (exact) mass is 122 g/mol. The summed E-state index contributed by atoms with van der Waals surface area (Å²) >= 11 is 4.00. The van der Waals surface area contributed by atoms with E-state index in [1.165, 1.54) is 12.8 Å². The number of hydrogen-bond acceptors (Lipinski definition) is 1. The van der Waals surface area contributed by atoms with Crippen LogP contribution in [0.2, 0.25) is 0 Å². The minimum Gasteiger partial charge on any atom is -0.179 e. The van der Waals surface area contributed by atoms with Gasteiger partial charge in [-0.25, -0.2) is 0 Å². The molecule has 40 valence electrons. The first-order valence-electron chi connectivity index (χ1n) is 2.02. The van der Waals surface area contributed by atoms with Crippen LogP contribution >= 0.6 is 12.6 Å². The van der Waals surface area contributed by atoms with E-state index < -0.39 is 0 Å². The van der Waals surface area contributed by atoms with Crippen molar-refractivity contribution in [3.05, 3.63) is 0 Å². The van der Waals surface area contributed by atoms with E-state index in [1.807, 2.05) is 0 Å². The first-order valence-corrected chi connectivity index (χ1v) is 2.66. The van der Waals surface area contributed by atoms with Gasteiger partial charge in [-0.05, 0) is 23.1 Å². The van der Waals surface area contributed by atoms with Gasteiger partial charge in [-0.1, -0.05) is 13.3 Å². The molecule has 0 aliphatic heterocycles. The highest BCUT2D eigenvalue weighted by molar-refractivity contribution is 7.80. The smallest absolute Gasteiger partial charge is 0.00980 e. The molecule has 0 atom stereocenters. The fourth-order valence-corrected chi connectivity index (χ4v) is 0.474. The Morgan fingerprint density at radius 3 is 2.00 bits per heavy atom. The zero-order valence-corrected chi connectivity index (χ0v) is 4.46. The van der Waals surface area contributed by atoms with Gasteiger partial charge in [0.2, 0.25) is 0 Å². The van der Waals surface area contributed by atoms with Gasteiger partial charge in [-0.3, -0.25) is 0 Å². The van der Waals surface area contributed by atoms with E-state index >= 15 is 0 Å². The number of thiol groups is 1. The molecule has 0 fully saturated rings. The van der Waals surface area contributed by atoms with Gasteiger partial charge in [0.15, 0.2) is 0 Å². The van der Waals surface area contributed by atoms with Crippen LogP contribution in [0.5, 0.6) is 0 Å². The number of hydrogen-bond donors (Lipinski definition) is 1. The summed E-state index contributed by atoms with van der Waals surface area (Å²) in [4.78, 5) is 0. The summed E-state index contributed by atoms with van der Waals surface area (Å²) < 4.78 is 0. The highest BCUT2D eigenvalue weighted by atomic mass is 32.1. The standard InChI is InChI=1S/C4H10S.H4Si/c1-2-3-4-5;/h5H,2-4H2,1H3;1H4. The van der Waals surface area contributed by atoms with Crippen LogP contribution in [0.1, 0.15) is 19.8 Å². The normalized spacial score (nSPS) is 7.00. The molecular formula is C4H14SSi. The van der Waals surface area contributed by atoms with Crippen molar-refractivity contribution < 1.29 is 0 Å². The molecular weight excluding hydrogens is 108 g/mol. The Hall–Kier alpha value is 0.567. The van der Waals surface area contributed by atoms with Crippen molar-refractivity contribution in [3.8, 4) is 0 Å². The van der Waals surface area contributed by atoms with Crippen molar-refractivity contribution in [3.63, 3.8) is 0 Å². The van der Waals surface area contributed by atoms with E-state index in [2.05, 4.69) is 19.6 Å². The quantitative estimate of drug-likeness (QED) is 0.394. The molecule has 0 aromatic carbocycles. The molecule has 2 heteroatoms. The maximum absolute atomic E-state index is 4.00. The summed E-state index contributed by atoms with van der Waals surface area (Å²) in [6.07, 6.45) is 2.52. The third-order valence-corrected chi connectivity index (χ3v) is 0.828. The van der Waals surface area contributed by atoms with Gasteiger partial charge in [0.25, 0.3) is 0 Å². The minimum atomic E-state index is 0. The molecule has 0 saturated carbocycles. The zero-order valence-electron chi connectivity index (χ0n) is 3.57. The fraction of sp³-hybridized carbons (Fsp3) is 1.00. The van der Waals surface area contributed by atoms with Gasteiger partial charge in [-0.2, -0.15) is 12.6 Å². The Bertz CT molecular complexity index is 15.0. The van der Waals surface area contributed by atoms with E-state index in [0.717, 1.165) is 5.75 Å². The first kappa shape index (κ1) is 9.76. The van der Waals surface area contributed by atoms with Crippen LogP contribution in [-0.2, 0) is 0 Å². The topological polar surface area (TPSA) is 0 Å². The van der Waals surface area contributed by atoms with Crippen molar-refractivity contribution in [2.45, 2.75) is 19.8 Å². The van der Waals surface area contributed by atoms with E-state index in [9.17, 15) is 0 Å². The second-order valence-electron chi connectivity index (χ2n) is 1.08. The third kappa shape index (κ3) is 8.82. The largest absolute Gasteiger partial charge is 0.179 e. The van der Waals surface area contributed by atoms with Crippen LogP contribution in [0.25, 0.3) is 0 Å². The van der Waals surface area contributed by atoms with Crippen LogP contribution in [0.15, 0.2) is 0 Å². The summed E-state index contributed by atoms with van der Waals surface area (Å²) in [7, 11) is 0. The van der Waals surface area contributed by atoms with Gasteiger partial charge in [-0.15, -0.1) is 0 Å². The van der Waals surface area contributed by atoms with Crippen molar-refractivity contribution in [2.24, 2.45) is 0 Å². The SMILES string of the molecule is CCCCS.[SiH4]. The van der Waals surface area contributed by atoms with Crippen LogP contribution < -0.4 is 0 Å². The molecule has 0 N–H and O–H groups in total. The van der Waals surface area contributed by atoms with Gasteiger partial charge in [0.05, 0.1) is 0 Å². The van der Waals surface area contributed by atoms with Crippen LogP contribution in [0, 0.1) is 0 Å². The molecule has 0 aliphatic rings. The second-order valence-corrected chi connectivity index (χ2v) is 1.52. The van der Waals surface area contributed by atoms with Crippen LogP contribution in [0.4, 0.5) is 0 Å². The molecule has 0 heterocycles. The lowest BCUT2D eigenvalue weighted by molar-refractivity contribution is 0.899. The maximum Gasteiger partial charge on any atom is -0.00980 e. The lowest BCUT2D eigenvalue weighted by Gasteiger charge is -1.78. The lowest BCUT2D eigenvalue weighted by Crippen LogP contribution is -1.65. The molecule has 0 bridgehead atoms. The lowest BCUT2D eigenvalue weighted by atomic mass is 10.4. The summed E-state index contributed by atoms with van der Waals surface area (Å²) in [5.41, 5.74) is 0. The van der Waals surface area contributed by atoms with Crippen molar-refractivity contribution in [1.82, 2.24) is 0 Å². The Morgan fingerprint density at radius 2 is 2.00 bits per heavy atom. The van der Waals surface area contributed by atoms with E-state index in [0.29, 0.717) is 0 Å². The van der Waals surface area contributed by atoms with E-state index in [-0.39, 0.29) is 11.0 Å². The first-order chi connectivity index (χ1) is 2.41. The highest BCUT2D eigenvalue weighted by Gasteiger charge is 1.68. The van der Waals surface area contributed by atoms with Crippen molar-refractivity contribution in [2.75, 3.05) is 5.75 Å². The molecule has 0 radical (unpaired) electrons. The number of unbranched alkanes of at least 4 members (excludes halogenated alkanes) is 1. The Morgan fingerprint density at radius 1 is 1.50 bits per heavy atom. The molecule has 0 aromatic heterocycles. The van der Waals surface area contributed by atoms with Crippen LogP contribution in [0.3, 0.4) is 0 Å². The van der Waals surface area contributed by atoms with Gasteiger partial charge in [0.1, 0.15) is 0 Å². The van der Waals surface area contributed by atoms with Gasteiger partial charge < -0.3 is 0 Å².